The number of aromatic nitrogens is 1. The number of thiazole rings is 1. The standard InChI is InChI=1S/C15H20N2S/c1-10-5-11(2)7-13(6-10)8-15-17-12(3)14(18-15)9-16-4/h5-7,16H,8-9H2,1-4H3. The number of nitrogens with zero attached hydrogens (tertiary/aromatic N) is 1. The zero-order valence-corrected chi connectivity index (χ0v) is 12.3. The average Bonchev–Trinajstić information content (AvgIpc) is 2.58. The smallest absolute Gasteiger partial charge is 0.0975 e. The normalized spacial score (nSPS) is 10.9. The van der Waals surface area contributed by atoms with Crippen LogP contribution in [0.3, 0.4) is 0 Å². The fourth-order valence-corrected chi connectivity index (χ4v) is 3.35. The van der Waals surface area contributed by atoms with Gasteiger partial charge in [0.25, 0.3) is 0 Å². The van der Waals surface area contributed by atoms with Gasteiger partial charge in [-0.25, -0.2) is 4.98 Å². The van der Waals surface area contributed by atoms with E-state index in [4.69, 9.17) is 0 Å². The maximum absolute atomic E-state index is 4.66. The van der Waals surface area contributed by atoms with Gasteiger partial charge in [-0.05, 0) is 33.4 Å². The van der Waals surface area contributed by atoms with Crippen molar-refractivity contribution in [3.63, 3.8) is 0 Å². The number of hydrogen-bond acceptors (Lipinski definition) is 3. The van der Waals surface area contributed by atoms with E-state index in [1.807, 2.05) is 18.4 Å². The highest BCUT2D eigenvalue weighted by molar-refractivity contribution is 7.11. The van der Waals surface area contributed by atoms with E-state index in [0.717, 1.165) is 18.7 Å². The lowest BCUT2D eigenvalue weighted by Crippen LogP contribution is -2.04. The molecule has 1 heterocycles. The van der Waals surface area contributed by atoms with Crippen molar-refractivity contribution in [2.75, 3.05) is 7.05 Å². The van der Waals surface area contributed by atoms with Crippen LogP contribution in [0.4, 0.5) is 0 Å². The summed E-state index contributed by atoms with van der Waals surface area (Å²) in [4.78, 5) is 6.01. The molecule has 0 bridgehead atoms. The monoisotopic (exact) mass is 260 g/mol. The van der Waals surface area contributed by atoms with E-state index in [1.165, 1.54) is 26.6 Å². The van der Waals surface area contributed by atoms with Crippen LogP contribution in [-0.2, 0) is 13.0 Å². The van der Waals surface area contributed by atoms with Crippen molar-refractivity contribution in [3.8, 4) is 0 Å². The minimum atomic E-state index is 0.913. The molecule has 1 aromatic heterocycles. The Labute approximate surface area is 113 Å². The van der Waals surface area contributed by atoms with Crippen LogP contribution in [0.5, 0.6) is 0 Å². The first-order valence-electron chi connectivity index (χ1n) is 6.25. The molecule has 1 aromatic carbocycles. The highest BCUT2D eigenvalue weighted by Gasteiger charge is 2.07. The van der Waals surface area contributed by atoms with Gasteiger partial charge >= 0.3 is 0 Å². The van der Waals surface area contributed by atoms with Crippen molar-refractivity contribution in [3.05, 3.63) is 50.5 Å². The first-order chi connectivity index (χ1) is 8.58. The molecule has 2 aromatic rings. The highest BCUT2D eigenvalue weighted by atomic mass is 32.1. The molecule has 0 aliphatic carbocycles. The maximum atomic E-state index is 4.66. The third kappa shape index (κ3) is 3.18. The maximum Gasteiger partial charge on any atom is 0.0975 e. The Morgan fingerprint density at radius 2 is 1.78 bits per heavy atom. The average molecular weight is 260 g/mol. The van der Waals surface area contributed by atoms with Gasteiger partial charge < -0.3 is 5.32 Å². The van der Waals surface area contributed by atoms with E-state index in [0.29, 0.717) is 0 Å². The van der Waals surface area contributed by atoms with Crippen molar-refractivity contribution in [2.45, 2.75) is 33.7 Å². The summed E-state index contributed by atoms with van der Waals surface area (Å²) < 4.78 is 0. The summed E-state index contributed by atoms with van der Waals surface area (Å²) >= 11 is 1.82. The van der Waals surface area contributed by atoms with Crippen LogP contribution in [0, 0.1) is 20.8 Å². The fraction of sp³-hybridized carbons (Fsp3) is 0.400. The summed E-state index contributed by atoms with van der Waals surface area (Å²) in [5, 5.41) is 4.40. The molecule has 1 N–H and O–H groups in total. The molecule has 0 saturated heterocycles. The Kier molecular flexibility index (Phi) is 4.15. The van der Waals surface area contributed by atoms with E-state index >= 15 is 0 Å². The first kappa shape index (κ1) is 13.2. The van der Waals surface area contributed by atoms with Gasteiger partial charge in [-0.3, -0.25) is 0 Å². The lowest BCUT2D eigenvalue weighted by atomic mass is 10.1. The molecular weight excluding hydrogens is 240 g/mol. The number of benzene rings is 1. The Bertz CT molecular complexity index is 523. The summed E-state index contributed by atoms with van der Waals surface area (Å²) in [7, 11) is 1.97. The van der Waals surface area contributed by atoms with Crippen LogP contribution < -0.4 is 5.32 Å². The lowest BCUT2D eigenvalue weighted by Gasteiger charge is -2.02. The Hall–Kier alpha value is -1.19. The minimum absolute atomic E-state index is 0.913. The molecule has 0 aliphatic rings. The second-order valence-corrected chi connectivity index (χ2v) is 5.99. The van der Waals surface area contributed by atoms with Gasteiger partial charge in [0.1, 0.15) is 0 Å². The predicted octanol–water partition coefficient (Wildman–Crippen LogP) is 3.38. The van der Waals surface area contributed by atoms with Gasteiger partial charge in [0.2, 0.25) is 0 Å². The number of hydrogen-bond donors (Lipinski definition) is 1. The Morgan fingerprint density at radius 3 is 2.39 bits per heavy atom. The SMILES string of the molecule is CNCc1sc(Cc2cc(C)cc(C)c2)nc1C. The Balaban J connectivity index is 2.20. The van der Waals surface area contributed by atoms with Crippen LogP contribution in [-0.4, -0.2) is 12.0 Å². The molecule has 0 aliphatic heterocycles. The van der Waals surface area contributed by atoms with Crippen LogP contribution in [0.2, 0.25) is 0 Å². The van der Waals surface area contributed by atoms with Gasteiger partial charge in [0.05, 0.1) is 10.7 Å². The first-order valence-corrected chi connectivity index (χ1v) is 7.07. The molecule has 0 spiro atoms. The molecule has 3 heteroatoms. The molecule has 0 unspecified atom stereocenters. The van der Waals surface area contributed by atoms with E-state index in [2.05, 4.69) is 49.3 Å². The molecule has 0 radical (unpaired) electrons. The molecule has 0 saturated carbocycles. The largest absolute Gasteiger partial charge is 0.315 e. The second-order valence-electron chi connectivity index (χ2n) is 4.82. The highest BCUT2D eigenvalue weighted by Crippen LogP contribution is 2.21. The summed E-state index contributed by atoms with van der Waals surface area (Å²) in [6.07, 6.45) is 0.942. The molecule has 96 valence electrons. The zero-order valence-electron chi connectivity index (χ0n) is 11.5. The van der Waals surface area contributed by atoms with Crippen LogP contribution in [0.25, 0.3) is 0 Å². The lowest BCUT2D eigenvalue weighted by molar-refractivity contribution is 0.822. The fourth-order valence-electron chi connectivity index (χ4n) is 2.23. The van der Waals surface area contributed by atoms with Crippen LogP contribution in [0.15, 0.2) is 18.2 Å². The van der Waals surface area contributed by atoms with Crippen molar-refractivity contribution in [1.29, 1.82) is 0 Å². The van der Waals surface area contributed by atoms with E-state index in [1.54, 1.807) is 0 Å². The third-order valence-corrected chi connectivity index (χ3v) is 4.07. The summed E-state index contributed by atoms with van der Waals surface area (Å²) in [6.45, 7) is 7.30. The van der Waals surface area contributed by atoms with Gasteiger partial charge in [-0.2, -0.15) is 0 Å². The van der Waals surface area contributed by atoms with Crippen molar-refractivity contribution in [1.82, 2.24) is 10.3 Å². The zero-order chi connectivity index (χ0) is 13.1. The van der Waals surface area contributed by atoms with Crippen LogP contribution >= 0.6 is 11.3 Å². The summed E-state index contributed by atoms with van der Waals surface area (Å²) in [5.74, 6) is 0. The molecule has 2 nitrogen and oxygen atoms in total. The third-order valence-electron chi connectivity index (χ3n) is 2.91. The van der Waals surface area contributed by atoms with Crippen LogP contribution in [0.1, 0.15) is 32.3 Å². The molecule has 2 rings (SSSR count). The molecule has 0 amide bonds. The molecule has 0 atom stereocenters. The topological polar surface area (TPSA) is 24.9 Å². The van der Waals surface area contributed by atoms with Gasteiger partial charge in [-0.1, -0.05) is 29.3 Å². The van der Waals surface area contributed by atoms with E-state index in [9.17, 15) is 0 Å². The van der Waals surface area contributed by atoms with Crippen molar-refractivity contribution >= 4 is 11.3 Å². The van der Waals surface area contributed by atoms with E-state index in [-0.39, 0.29) is 0 Å². The number of aryl methyl sites for hydroxylation is 3. The van der Waals surface area contributed by atoms with Gasteiger partial charge in [-0.15, -0.1) is 11.3 Å². The Morgan fingerprint density at radius 1 is 1.11 bits per heavy atom. The quantitative estimate of drug-likeness (QED) is 0.911. The number of rotatable bonds is 4. The number of nitrogens with one attached hydrogen (secondary N) is 1. The molecular formula is C15H20N2S. The minimum Gasteiger partial charge on any atom is -0.315 e. The summed E-state index contributed by atoms with van der Waals surface area (Å²) in [6, 6.07) is 6.71. The van der Waals surface area contributed by atoms with Crippen molar-refractivity contribution < 1.29 is 0 Å². The van der Waals surface area contributed by atoms with E-state index < -0.39 is 0 Å². The van der Waals surface area contributed by atoms with Gasteiger partial charge in [0.15, 0.2) is 0 Å². The predicted molar refractivity (Wildman–Crippen MR) is 78.3 cm³/mol. The molecule has 18 heavy (non-hydrogen) atoms. The molecule has 0 fully saturated rings. The van der Waals surface area contributed by atoms with Crippen molar-refractivity contribution in [2.24, 2.45) is 0 Å². The van der Waals surface area contributed by atoms with Gasteiger partial charge in [0, 0.05) is 17.8 Å². The summed E-state index contributed by atoms with van der Waals surface area (Å²) in [5.41, 5.74) is 5.17. The second kappa shape index (κ2) is 5.63.